The van der Waals surface area contributed by atoms with E-state index in [0.717, 1.165) is 61.8 Å². The minimum atomic E-state index is -0.656. The average molecular weight is 491 g/mol. The van der Waals surface area contributed by atoms with Crippen molar-refractivity contribution in [3.8, 4) is 0 Å². The standard InChI is InChI=1S/C31H42N2O3/c34-31(35)29(28-11-2-1-10-27(28)24-13-14-24)17-12-23-7-3-6-22(20-23)8-5-19-36-21-26-16-15-25-9-4-18-32-30(25)33-26/h1-2,10-11,15-16,22-24,29H,3-9,12-14,17-21H2,(H,32,33)(H,34,35)/t22-,23?,29?/m0/s1. The molecule has 5 nitrogen and oxygen atoms in total. The van der Waals surface area contributed by atoms with Crippen molar-refractivity contribution in [2.75, 3.05) is 18.5 Å². The van der Waals surface area contributed by atoms with Crippen molar-refractivity contribution in [1.29, 1.82) is 0 Å². The summed E-state index contributed by atoms with van der Waals surface area (Å²) in [6.07, 6.45) is 13.9. The molecule has 0 bridgehead atoms. The summed E-state index contributed by atoms with van der Waals surface area (Å²) in [7, 11) is 0. The van der Waals surface area contributed by atoms with Crippen molar-refractivity contribution in [3.63, 3.8) is 0 Å². The lowest BCUT2D eigenvalue weighted by atomic mass is 9.76. The highest BCUT2D eigenvalue weighted by Gasteiger charge is 2.31. The summed E-state index contributed by atoms with van der Waals surface area (Å²) < 4.78 is 5.96. The number of carboxylic acid groups (broad SMARTS) is 1. The van der Waals surface area contributed by atoms with Crippen molar-refractivity contribution >= 4 is 11.8 Å². The molecular weight excluding hydrogens is 448 g/mol. The lowest BCUT2D eigenvalue weighted by molar-refractivity contribution is -0.139. The van der Waals surface area contributed by atoms with Gasteiger partial charge in [0.2, 0.25) is 0 Å². The van der Waals surface area contributed by atoms with Gasteiger partial charge in [-0.15, -0.1) is 0 Å². The molecule has 0 amide bonds. The molecule has 0 radical (unpaired) electrons. The molecule has 2 N–H and O–H groups in total. The summed E-state index contributed by atoms with van der Waals surface area (Å²) in [5, 5.41) is 13.4. The summed E-state index contributed by atoms with van der Waals surface area (Å²) in [6, 6.07) is 12.6. The van der Waals surface area contributed by atoms with Gasteiger partial charge in [-0.2, -0.15) is 0 Å². The Bertz CT molecular complexity index is 1020. The van der Waals surface area contributed by atoms with E-state index in [-0.39, 0.29) is 5.92 Å². The predicted molar refractivity (Wildman–Crippen MR) is 143 cm³/mol. The van der Waals surface area contributed by atoms with Gasteiger partial charge in [-0.3, -0.25) is 4.79 Å². The molecule has 5 rings (SSSR count). The van der Waals surface area contributed by atoms with Crippen LogP contribution in [0.2, 0.25) is 0 Å². The number of anilines is 1. The minimum Gasteiger partial charge on any atom is -0.481 e. The van der Waals surface area contributed by atoms with Crippen LogP contribution >= 0.6 is 0 Å². The number of aromatic nitrogens is 1. The summed E-state index contributed by atoms with van der Waals surface area (Å²) >= 11 is 0. The normalized spacial score (nSPS) is 22.4. The van der Waals surface area contributed by atoms with Gasteiger partial charge < -0.3 is 15.2 Å². The molecule has 0 spiro atoms. The van der Waals surface area contributed by atoms with E-state index in [1.807, 2.05) is 6.07 Å². The second-order valence-electron chi connectivity index (χ2n) is 11.3. The van der Waals surface area contributed by atoms with Crippen LogP contribution in [-0.4, -0.2) is 29.2 Å². The number of pyridine rings is 1. The molecule has 36 heavy (non-hydrogen) atoms. The van der Waals surface area contributed by atoms with Crippen LogP contribution in [0.3, 0.4) is 0 Å². The third-order valence-corrected chi connectivity index (χ3v) is 8.54. The van der Waals surface area contributed by atoms with Gasteiger partial charge >= 0.3 is 5.97 Å². The number of nitrogens with one attached hydrogen (secondary N) is 1. The number of hydrogen-bond acceptors (Lipinski definition) is 4. The largest absolute Gasteiger partial charge is 0.481 e. The number of fused-ring (bicyclic) bond motifs is 1. The highest BCUT2D eigenvalue weighted by molar-refractivity contribution is 5.76. The molecule has 1 aliphatic heterocycles. The van der Waals surface area contributed by atoms with Crippen molar-refractivity contribution in [3.05, 3.63) is 58.8 Å². The van der Waals surface area contributed by atoms with E-state index < -0.39 is 5.97 Å². The topological polar surface area (TPSA) is 71.5 Å². The Hall–Kier alpha value is -2.40. The maximum absolute atomic E-state index is 12.2. The lowest BCUT2D eigenvalue weighted by Crippen LogP contribution is -2.19. The number of nitrogens with zero attached hydrogens (tertiary/aromatic N) is 1. The second kappa shape index (κ2) is 12.2. The van der Waals surface area contributed by atoms with Gasteiger partial charge in [0, 0.05) is 13.2 Å². The molecule has 3 aliphatic rings. The lowest BCUT2D eigenvalue weighted by Gasteiger charge is -2.30. The minimum absolute atomic E-state index is 0.358. The monoisotopic (exact) mass is 490 g/mol. The Balaban J connectivity index is 1.04. The number of ether oxygens (including phenoxy) is 1. The van der Waals surface area contributed by atoms with Gasteiger partial charge in [0.15, 0.2) is 0 Å². The Morgan fingerprint density at radius 2 is 1.89 bits per heavy atom. The molecular formula is C31H42N2O3. The molecule has 2 unspecified atom stereocenters. The molecule has 5 heteroatoms. The van der Waals surface area contributed by atoms with Crippen molar-refractivity contribution < 1.29 is 14.6 Å². The van der Waals surface area contributed by atoms with Gasteiger partial charge in [-0.05, 0) is 98.3 Å². The zero-order valence-electron chi connectivity index (χ0n) is 21.6. The van der Waals surface area contributed by atoms with E-state index in [4.69, 9.17) is 9.72 Å². The quantitative estimate of drug-likeness (QED) is 0.311. The van der Waals surface area contributed by atoms with Gasteiger partial charge in [-0.25, -0.2) is 4.98 Å². The van der Waals surface area contributed by atoms with Crippen LogP contribution < -0.4 is 5.32 Å². The van der Waals surface area contributed by atoms with Crippen LogP contribution in [0, 0.1) is 11.8 Å². The first kappa shape index (κ1) is 25.3. The maximum Gasteiger partial charge on any atom is 0.310 e. The maximum atomic E-state index is 12.2. The highest BCUT2D eigenvalue weighted by atomic mass is 16.5. The number of benzene rings is 1. The van der Waals surface area contributed by atoms with Crippen LogP contribution in [-0.2, 0) is 22.6 Å². The predicted octanol–water partition coefficient (Wildman–Crippen LogP) is 7.07. The Morgan fingerprint density at radius 3 is 2.72 bits per heavy atom. The van der Waals surface area contributed by atoms with E-state index in [0.29, 0.717) is 18.4 Å². The molecule has 2 saturated carbocycles. The molecule has 194 valence electrons. The third-order valence-electron chi connectivity index (χ3n) is 8.54. The average Bonchev–Trinajstić information content (AvgIpc) is 3.74. The fourth-order valence-electron chi connectivity index (χ4n) is 6.44. The van der Waals surface area contributed by atoms with Crippen molar-refractivity contribution in [2.24, 2.45) is 11.8 Å². The summed E-state index contributed by atoms with van der Waals surface area (Å²) in [4.78, 5) is 16.9. The van der Waals surface area contributed by atoms with Crippen molar-refractivity contribution in [1.82, 2.24) is 4.98 Å². The fraction of sp³-hybridized carbons (Fsp3) is 0.613. The first-order chi connectivity index (χ1) is 17.7. The van der Waals surface area contributed by atoms with E-state index in [1.54, 1.807) is 0 Å². The van der Waals surface area contributed by atoms with E-state index >= 15 is 0 Å². The Morgan fingerprint density at radius 1 is 1.06 bits per heavy atom. The third kappa shape index (κ3) is 6.67. The molecule has 1 aromatic carbocycles. The molecule has 2 heterocycles. The zero-order valence-corrected chi connectivity index (χ0v) is 21.6. The van der Waals surface area contributed by atoms with Crippen molar-refractivity contribution in [2.45, 2.75) is 95.5 Å². The van der Waals surface area contributed by atoms with Crippen LogP contribution in [0.5, 0.6) is 0 Å². The summed E-state index contributed by atoms with van der Waals surface area (Å²) in [5.74, 6) is 2.02. The number of carbonyl (C=O) groups is 1. The van der Waals surface area contributed by atoms with Crippen LogP contribution in [0.1, 0.15) is 105 Å². The fourth-order valence-corrected chi connectivity index (χ4v) is 6.44. The van der Waals surface area contributed by atoms with Crippen LogP contribution in [0.4, 0.5) is 5.82 Å². The smallest absolute Gasteiger partial charge is 0.310 e. The van der Waals surface area contributed by atoms with Gasteiger partial charge in [-0.1, -0.05) is 49.6 Å². The molecule has 1 aromatic heterocycles. The first-order valence-electron chi connectivity index (χ1n) is 14.3. The van der Waals surface area contributed by atoms with E-state index in [9.17, 15) is 9.90 Å². The van der Waals surface area contributed by atoms with Crippen LogP contribution in [0.15, 0.2) is 36.4 Å². The number of rotatable bonds is 12. The molecule has 2 aliphatic carbocycles. The second-order valence-corrected chi connectivity index (χ2v) is 11.3. The summed E-state index contributed by atoms with van der Waals surface area (Å²) in [6.45, 7) is 2.38. The number of carboxylic acids is 1. The number of aryl methyl sites for hydroxylation is 1. The zero-order chi connectivity index (χ0) is 24.7. The van der Waals surface area contributed by atoms with Gasteiger partial charge in [0.1, 0.15) is 5.82 Å². The Kier molecular flexibility index (Phi) is 8.58. The summed E-state index contributed by atoms with van der Waals surface area (Å²) in [5.41, 5.74) is 4.69. The number of hydrogen-bond donors (Lipinski definition) is 2. The first-order valence-corrected chi connectivity index (χ1v) is 14.3. The Labute approximate surface area is 216 Å². The van der Waals surface area contributed by atoms with E-state index in [2.05, 4.69) is 35.6 Å². The molecule has 3 atom stereocenters. The molecule has 2 aromatic rings. The van der Waals surface area contributed by atoms with Crippen LogP contribution in [0.25, 0.3) is 0 Å². The SMILES string of the molecule is O=C(O)C(CCC1CCC[C@@H](CCCOCc2ccc3c(n2)NCCC3)C1)c1ccccc1C1CC1. The number of aliphatic carboxylic acids is 1. The molecule has 2 fully saturated rings. The van der Waals surface area contributed by atoms with Gasteiger partial charge in [0.25, 0.3) is 0 Å². The highest BCUT2D eigenvalue weighted by Crippen LogP contribution is 2.44. The van der Waals surface area contributed by atoms with E-state index in [1.165, 1.54) is 62.5 Å². The molecule has 0 saturated heterocycles. The van der Waals surface area contributed by atoms with Gasteiger partial charge in [0.05, 0.1) is 18.2 Å².